The van der Waals surface area contributed by atoms with Gasteiger partial charge < -0.3 is 5.11 Å². The molecule has 0 amide bonds. The molecule has 18 heavy (non-hydrogen) atoms. The Balaban J connectivity index is 2.53. The number of alkyl halides is 3. The van der Waals surface area contributed by atoms with Gasteiger partial charge in [0.15, 0.2) is 0 Å². The van der Waals surface area contributed by atoms with Crippen LogP contribution >= 0.6 is 11.6 Å². The predicted octanol–water partition coefficient (Wildman–Crippen LogP) is 3.26. The summed E-state index contributed by atoms with van der Waals surface area (Å²) in [5, 5.41) is 9.01. The molecule has 3 nitrogen and oxygen atoms in total. The van der Waals surface area contributed by atoms with Crippen LogP contribution in [-0.2, 0) is 16.4 Å². The minimum absolute atomic E-state index is 0.0438. The van der Waals surface area contributed by atoms with Gasteiger partial charge in [-0.05, 0) is 18.9 Å². The molecule has 0 aromatic carbocycles. The standard InChI is InChI=1S/C11H9ClF3NO2/c12-8-7(10(9(17)18)2-1-3-10)4-6(5-16-8)11(13,14)15/h4-5H,1-3H2,(H,17,18). The summed E-state index contributed by atoms with van der Waals surface area (Å²) in [5.41, 5.74) is -2.34. The van der Waals surface area contributed by atoms with Crippen LogP contribution in [0, 0.1) is 0 Å². The van der Waals surface area contributed by atoms with E-state index in [1.54, 1.807) is 0 Å². The fourth-order valence-corrected chi connectivity index (χ4v) is 2.35. The zero-order valence-corrected chi connectivity index (χ0v) is 9.85. The number of hydrogen-bond donors (Lipinski definition) is 1. The van der Waals surface area contributed by atoms with Crippen molar-refractivity contribution in [2.75, 3.05) is 0 Å². The number of nitrogens with zero attached hydrogens (tertiary/aromatic N) is 1. The predicted molar refractivity (Wildman–Crippen MR) is 57.4 cm³/mol. The van der Waals surface area contributed by atoms with Gasteiger partial charge in [-0.3, -0.25) is 4.79 Å². The van der Waals surface area contributed by atoms with Crippen LogP contribution in [-0.4, -0.2) is 16.1 Å². The molecule has 1 aromatic heterocycles. The van der Waals surface area contributed by atoms with Gasteiger partial charge in [-0.15, -0.1) is 0 Å². The molecule has 1 N–H and O–H groups in total. The Morgan fingerprint density at radius 2 is 2.06 bits per heavy atom. The number of aliphatic carboxylic acids is 1. The first-order valence-electron chi connectivity index (χ1n) is 5.24. The highest BCUT2D eigenvalue weighted by Crippen LogP contribution is 2.47. The molecule has 1 aliphatic rings. The monoisotopic (exact) mass is 279 g/mol. The van der Waals surface area contributed by atoms with E-state index in [9.17, 15) is 23.1 Å². The second-order valence-corrected chi connectivity index (χ2v) is 4.66. The maximum atomic E-state index is 12.6. The Kier molecular flexibility index (Phi) is 3.01. The molecule has 0 radical (unpaired) electrons. The van der Waals surface area contributed by atoms with Crippen molar-refractivity contribution in [2.24, 2.45) is 0 Å². The van der Waals surface area contributed by atoms with Crippen LogP contribution in [0.3, 0.4) is 0 Å². The minimum atomic E-state index is -4.56. The number of aromatic nitrogens is 1. The Morgan fingerprint density at radius 1 is 1.44 bits per heavy atom. The van der Waals surface area contributed by atoms with Crippen LogP contribution in [0.15, 0.2) is 12.3 Å². The summed E-state index contributed by atoms with van der Waals surface area (Å²) in [7, 11) is 0. The lowest BCUT2D eigenvalue weighted by atomic mass is 9.64. The van der Waals surface area contributed by atoms with Gasteiger partial charge in [-0.25, -0.2) is 4.98 Å². The van der Waals surface area contributed by atoms with E-state index in [4.69, 9.17) is 11.6 Å². The molecule has 2 rings (SSSR count). The third-order valence-corrected chi connectivity index (χ3v) is 3.60. The number of carboxylic acids is 1. The van der Waals surface area contributed by atoms with E-state index in [0.717, 1.165) is 6.07 Å². The molecule has 1 fully saturated rings. The lowest BCUT2D eigenvalue weighted by Crippen LogP contribution is -2.42. The molecule has 0 spiro atoms. The Hall–Kier alpha value is -1.30. The van der Waals surface area contributed by atoms with Crippen LogP contribution in [0.2, 0.25) is 5.15 Å². The highest BCUT2D eigenvalue weighted by Gasteiger charge is 2.48. The molecule has 0 bridgehead atoms. The zero-order valence-electron chi connectivity index (χ0n) is 9.09. The van der Waals surface area contributed by atoms with Gasteiger partial charge in [0.2, 0.25) is 0 Å². The van der Waals surface area contributed by atoms with Crippen molar-refractivity contribution in [1.29, 1.82) is 0 Å². The van der Waals surface area contributed by atoms with Gasteiger partial charge in [-0.2, -0.15) is 13.2 Å². The van der Waals surface area contributed by atoms with Crippen LogP contribution < -0.4 is 0 Å². The highest BCUT2D eigenvalue weighted by molar-refractivity contribution is 6.30. The van der Waals surface area contributed by atoms with E-state index < -0.39 is 23.1 Å². The molecule has 1 heterocycles. The molecule has 1 aliphatic carbocycles. The van der Waals surface area contributed by atoms with E-state index in [1.165, 1.54) is 0 Å². The number of carboxylic acid groups (broad SMARTS) is 1. The first kappa shape index (κ1) is 13.1. The maximum absolute atomic E-state index is 12.6. The number of pyridine rings is 1. The van der Waals surface area contributed by atoms with Gasteiger partial charge >= 0.3 is 12.1 Å². The van der Waals surface area contributed by atoms with Gasteiger partial charge in [-0.1, -0.05) is 18.0 Å². The fraction of sp³-hybridized carbons (Fsp3) is 0.455. The summed E-state index contributed by atoms with van der Waals surface area (Å²) in [5.74, 6) is -1.16. The van der Waals surface area contributed by atoms with Crippen LogP contribution in [0.1, 0.15) is 30.4 Å². The number of carbonyl (C=O) groups is 1. The van der Waals surface area contributed by atoms with E-state index in [-0.39, 0.29) is 23.6 Å². The molecular weight excluding hydrogens is 271 g/mol. The van der Waals surface area contributed by atoms with E-state index in [1.807, 2.05) is 0 Å². The lowest BCUT2D eigenvalue weighted by molar-refractivity contribution is -0.148. The third kappa shape index (κ3) is 1.94. The van der Waals surface area contributed by atoms with Crippen LogP contribution in [0.25, 0.3) is 0 Å². The summed E-state index contributed by atoms with van der Waals surface area (Å²) < 4.78 is 37.7. The molecule has 1 aromatic rings. The van der Waals surface area contributed by atoms with Crippen LogP contribution in [0.5, 0.6) is 0 Å². The number of halogens is 4. The van der Waals surface area contributed by atoms with Crippen molar-refractivity contribution in [2.45, 2.75) is 30.9 Å². The third-order valence-electron chi connectivity index (χ3n) is 3.30. The smallest absolute Gasteiger partial charge is 0.417 e. The SMILES string of the molecule is O=C(O)C1(c2cc(C(F)(F)F)cnc2Cl)CCC1. The molecule has 1 saturated carbocycles. The summed E-state index contributed by atoms with van der Waals surface area (Å²) in [6.07, 6.45) is -2.73. The van der Waals surface area contributed by atoms with E-state index in [0.29, 0.717) is 12.6 Å². The molecular formula is C11H9ClF3NO2. The van der Waals surface area contributed by atoms with Crippen molar-refractivity contribution in [3.8, 4) is 0 Å². The second-order valence-electron chi connectivity index (χ2n) is 4.30. The van der Waals surface area contributed by atoms with Gasteiger partial charge in [0.1, 0.15) is 5.15 Å². The van der Waals surface area contributed by atoms with Gasteiger partial charge in [0.05, 0.1) is 11.0 Å². The van der Waals surface area contributed by atoms with E-state index in [2.05, 4.69) is 4.98 Å². The topological polar surface area (TPSA) is 50.2 Å². The molecule has 0 unspecified atom stereocenters. The first-order valence-corrected chi connectivity index (χ1v) is 5.62. The Labute approximate surface area is 106 Å². The summed E-state index contributed by atoms with van der Waals surface area (Å²) in [6.45, 7) is 0. The zero-order chi connectivity index (χ0) is 13.6. The Morgan fingerprint density at radius 3 is 2.44 bits per heavy atom. The molecule has 7 heteroatoms. The average molecular weight is 280 g/mol. The van der Waals surface area contributed by atoms with Crippen LogP contribution in [0.4, 0.5) is 13.2 Å². The Bertz CT molecular complexity index is 498. The average Bonchev–Trinajstić information content (AvgIpc) is 2.16. The molecule has 0 aliphatic heterocycles. The van der Waals surface area contributed by atoms with Crippen molar-refractivity contribution >= 4 is 17.6 Å². The summed E-state index contributed by atoms with van der Waals surface area (Å²) in [4.78, 5) is 14.7. The number of rotatable bonds is 2. The van der Waals surface area contributed by atoms with E-state index >= 15 is 0 Å². The quantitative estimate of drug-likeness (QED) is 0.846. The largest absolute Gasteiger partial charge is 0.481 e. The van der Waals surface area contributed by atoms with Crippen molar-refractivity contribution in [3.05, 3.63) is 28.5 Å². The van der Waals surface area contributed by atoms with Gasteiger partial charge in [0, 0.05) is 11.8 Å². The lowest BCUT2D eigenvalue weighted by Gasteiger charge is -2.38. The normalized spacial score (nSPS) is 18.2. The van der Waals surface area contributed by atoms with Crippen molar-refractivity contribution in [3.63, 3.8) is 0 Å². The van der Waals surface area contributed by atoms with Gasteiger partial charge in [0.25, 0.3) is 0 Å². The first-order chi connectivity index (χ1) is 8.27. The maximum Gasteiger partial charge on any atom is 0.417 e. The minimum Gasteiger partial charge on any atom is -0.481 e. The molecule has 98 valence electrons. The fourth-order valence-electron chi connectivity index (χ4n) is 2.07. The second kappa shape index (κ2) is 4.12. The van der Waals surface area contributed by atoms with Crippen molar-refractivity contribution < 1.29 is 23.1 Å². The highest BCUT2D eigenvalue weighted by atomic mass is 35.5. The van der Waals surface area contributed by atoms with Crippen molar-refractivity contribution in [1.82, 2.24) is 4.98 Å². The number of hydrogen-bond acceptors (Lipinski definition) is 2. The molecule has 0 atom stereocenters. The molecule has 0 saturated heterocycles. The summed E-state index contributed by atoms with van der Waals surface area (Å²) in [6, 6.07) is 0.794. The summed E-state index contributed by atoms with van der Waals surface area (Å²) >= 11 is 5.75.